The number of nitrogens with zero attached hydrogens (tertiary/aromatic N) is 6. The van der Waals surface area contributed by atoms with E-state index in [0.29, 0.717) is 69.7 Å². The highest BCUT2D eigenvalue weighted by Crippen LogP contribution is 2.42. The van der Waals surface area contributed by atoms with Crippen molar-refractivity contribution in [3.63, 3.8) is 0 Å². The van der Waals surface area contributed by atoms with E-state index in [1.807, 2.05) is 6.92 Å². The number of aromatic nitrogens is 2. The van der Waals surface area contributed by atoms with Crippen LogP contribution in [0.25, 0.3) is 10.8 Å². The van der Waals surface area contributed by atoms with Gasteiger partial charge in [-0.1, -0.05) is 13.0 Å². The number of imide groups is 1. The van der Waals surface area contributed by atoms with Crippen molar-refractivity contribution in [2.45, 2.75) is 75.7 Å². The minimum atomic E-state index is -1.03. The summed E-state index contributed by atoms with van der Waals surface area (Å²) in [7, 11) is 1.50. The first-order valence-corrected chi connectivity index (χ1v) is 17.1. The SMILES string of the molecule is CCc1c(F)ccc2cc(O)cc(N3CCc4c(nc(OC[C@@]56CCCN5C[C@H](F)C6)nc4N4CCCC5(C4)NC(=O)N(C)C5=O)C3)c12. The van der Waals surface area contributed by atoms with Gasteiger partial charge in [0, 0.05) is 55.8 Å². The second kappa shape index (κ2) is 11.4. The molecule has 4 saturated heterocycles. The second-order valence-electron chi connectivity index (χ2n) is 14.1. The highest BCUT2D eigenvalue weighted by Gasteiger charge is 2.53. The van der Waals surface area contributed by atoms with Crippen molar-refractivity contribution in [3.8, 4) is 11.8 Å². The molecule has 5 aliphatic rings. The maximum Gasteiger partial charge on any atom is 0.324 e. The average Bonchev–Trinajstić information content (AvgIpc) is 3.67. The molecule has 254 valence electrons. The number of likely N-dealkylation sites (N-methyl/N-ethyl adjacent to an activating group) is 1. The van der Waals surface area contributed by atoms with Gasteiger partial charge in [-0.3, -0.25) is 14.6 Å². The standard InChI is InChI=1S/C35H41F2N7O4/c1-3-24-26(37)7-6-21-14-23(45)15-28(29(21)24)42-13-8-25-27(18-42)38-32(48-20-34-9-4-12-44(34)17-22(36)16-34)39-30(25)43-11-5-10-35(19-43)31(46)41(2)33(47)40-35/h6-7,14-15,22,45H,3-5,8-13,16-20H2,1-2H3,(H,40,47)/t22-,34+,35?/m1/s1. The number of halogens is 2. The number of aryl methyl sites for hydroxylation is 1. The number of carbonyl (C=O) groups is 2. The number of anilines is 2. The van der Waals surface area contributed by atoms with Gasteiger partial charge in [0.05, 0.1) is 24.3 Å². The number of phenolic OH excluding ortho intramolecular Hbond substituents is 1. The van der Waals surface area contributed by atoms with Crippen molar-refractivity contribution in [2.75, 3.05) is 56.2 Å². The van der Waals surface area contributed by atoms with Crippen LogP contribution in [0.1, 0.15) is 55.8 Å². The quantitative estimate of drug-likeness (QED) is 0.378. The Morgan fingerprint density at radius 2 is 1.94 bits per heavy atom. The fraction of sp³-hybridized carbons (Fsp3) is 0.543. The van der Waals surface area contributed by atoms with Crippen LogP contribution >= 0.6 is 0 Å². The van der Waals surface area contributed by atoms with Crippen LogP contribution in [0, 0.1) is 5.82 Å². The lowest BCUT2D eigenvalue weighted by molar-refractivity contribution is -0.130. The number of rotatable bonds is 6. The fourth-order valence-corrected chi connectivity index (χ4v) is 8.91. The molecule has 1 unspecified atom stereocenters. The molecule has 11 nitrogen and oxygen atoms in total. The highest BCUT2D eigenvalue weighted by atomic mass is 19.1. The summed E-state index contributed by atoms with van der Waals surface area (Å²) >= 11 is 0. The van der Waals surface area contributed by atoms with Crippen molar-refractivity contribution >= 4 is 34.2 Å². The van der Waals surface area contributed by atoms with Crippen LogP contribution in [0.3, 0.4) is 0 Å². The fourth-order valence-electron chi connectivity index (χ4n) is 8.91. The molecule has 4 fully saturated rings. The number of piperidine rings is 1. The summed E-state index contributed by atoms with van der Waals surface area (Å²) in [4.78, 5) is 43.2. The Morgan fingerprint density at radius 1 is 1.10 bits per heavy atom. The number of ether oxygens (including phenoxy) is 1. The number of fused-ring (bicyclic) bond motifs is 3. The molecule has 2 N–H and O–H groups in total. The van der Waals surface area contributed by atoms with E-state index in [9.17, 15) is 19.1 Å². The van der Waals surface area contributed by atoms with Crippen LogP contribution in [-0.2, 0) is 24.2 Å². The first-order valence-electron chi connectivity index (χ1n) is 17.1. The minimum absolute atomic E-state index is 0.0966. The van der Waals surface area contributed by atoms with E-state index in [0.717, 1.165) is 52.0 Å². The van der Waals surface area contributed by atoms with E-state index in [4.69, 9.17) is 14.7 Å². The van der Waals surface area contributed by atoms with E-state index in [1.54, 1.807) is 18.2 Å². The third kappa shape index (κ3) is 4.91. The normalized spacial score (nSPS) is 27.2. The lowest BCUT2D eigenvalue weighted by Crippen LogP contribution is -2.59. The molecule has 1 aromatic heterocycles. The smallest absolute Gasteiger partial charge is 0.324 e. The molecule has 48 heavy (non-hydrogen) atoms. The Kier molecular flexibility index (Phi) is 7.39. The number of benzene rings is 2. The highest BCUT2D eigenvalue weighted by molar-refractivity contribution is 6.07. The molecule has 6 heterocycles. The molecule has 3 atom stereocenters. The number of aromatic hydroxyl groups is 1. The van der Waals surface area contributed by atoms with Gasteiger partial charge in [0.25, 0.3) is 5.91 Å². The van der Waals surface area contributed by atoms with E-state index >= 15 is 4.39 Å². The lowest BCUT2D eigenvalue weighted by Gasteiger charge is -2.41. The van der Waals surface area contributed by atoms with E-state index < -0.39 is 17.7 Å². The second-order valence-corrected chi connectivity index (χ2v) is 14.1. The van der Waals surface area contributed by atoms with Crippen LogP contribution in [0.4, 0.5) is 25.1 Å². The summed E-state index contributed by atoms with van der Waals surface area (Å²) in [6.07, 6.45) is 3.64. The van der Waals surface area contributed by atoms with Crippen LogP contribution in [-0.4, -0.2) is 100 Å². The number of amides is 3. The van der Waals surface area contributed by atoms with Crippen molar-refractivity contribution in [2.24, 2.45) is 0 Å². The number of phenols is 1. The third-order valence-corrected chi connectivity index (χ3v) is 11.2. The Balaban J connectivity index is 1.18. The predicted molar refractivity (Wildman–Crippen MR) is 176 cm³/mol. The summed E-state index contributed by atoms with van der Waals surface area (Å²) in [5, 5.41) is 15.2. The number of alkyl halides is 1. The third-order valence-electron chi connectivity index (χ3n) is 11.2. The summed E-state index contributed by atoms with van der Waals surface area (Å²) in [5.41, 5.74) is 1.57. The molecule has 3 aromatic rings. The summed E-state index contributed by atoms with van der Waals surface area (Å²) in [5.74, 6) is 0.233. The molecule has 0 aliphatic carbocycles. The van der Waals surface area contributed by atoms with Gasteiger partial charge in [-0.15, -0.1) is 0 Å². The molecule has 0 bridgehead atoms. The number of hydrogen-bond donors (Lipinski definition) is 2. The van der Waals surface area contributed by atoms with Crippen LogP contribution in [0.5, 0.6) is 11.8 Å². The number of nitrogens with one attached hydrogen (secondary N) is 1. The van der Waals surface area contributed by atoms with Gasteiger partial charge in [0.1, 0.15) is 35.7 Å². The van der Waals surface area contributed by atoms with Gasteiger partial charge < -0.3 is 25.0 Å². The first-order chi connectivity index (χ1) is 23.1. The van der Waals surface area contributed by atoms with Crippen LogP contribution in [0.2, 0.25) is 0 Å². The molecule has 13 heteroatoms. The van der Waals surface area contributed by atoms with E-state index in [-0.39, 0.29) is 42.2 Å². The van der Waals surface area contributed by atoms with Crippen molar-refractivity contribution in [1.29, 1.82) is 0 Å². The van der Waals surface area contributed by atoms with Crippen molar-refractivity contribution < 1.29 is 28.2 Å². The number of urea groups is 1. The lowest BCUT2D eigenvalue weighted by atomic mass is 9.88. The number of carbonyl (C=O) groups excluding carboxylic acids is 2. The molecule has 0 radical (unpaired) electrons. The minimum Gasteiger partial charge on any atom is -0.508 e. The zero-order valence-corrected chi connectivity index (χ0v) is 27.4. The maximum atomic E-state index is 15.0. The summed E-state index contributed by atoms with van der Waals surface area (Å²) < 4.78 is 36.0. The van der Waals surface area contributed by atoms with Gasteiger partial charge in [0.2, 0.25) is 0 Å². The Labute approximate surface area is 277 Å². The van der Waals surface area contributed by atoms with E-state index in [2.05, 4.69) is 20.0 Å². The maximum absolute atomic E-state index is 15.0. The molecule has 3 amide bonds. The molecule has 0 saturated carbocycles. The molecule has 2 aromatic carbocycles. The molecule has 5 aliphatic heterocycles. The van der Waals surface area contributed by atoms with Gasteiger partial charge in [-0.05, 0) is 68.2 Å². The summed E-state index contributed by atoms with van der Waals surface area (Å²) in [6, 6.07) is 6.27. The monoisotopic (exact) mass is 661 g/mol. The average molecular weight is 662 g/mol. The molecular weight excluding hydrogens is 620 g/mol. The molecule has 1 spiro atoms. The van der Waals surface area contributed by atoms with Crippen molar-refractivity contribution in [1.82, 2.24) is 25.1 Å². The van der Waals surface area contributed by atoms with Crippen LogP contribution < -0.4 is 19.9 Å². The zero-order valence-electron chi connectivity index (χ0n) is 27.4. The molecular formula is C35H41F2N7O4. The Morgan fingerprint density at radius 3 is 2.73 bits per heavy atom. The Bertz CT molecular complexity index is 1830. The number of hydrogen-bond acceptors (Lipinski definition) is 9. The largest absolute Gasteiger partial charge is 0.508 e. The van der Waals surface area contributed by atoms with Gasteiger partial charge in [0.15, 0.2) is 0 Å². The van der Waals surface area contributed by atoms with Gasteiger partial charge >= 0.3 is 12.0 Å². The van der Waals surface area contributed by atoms with Crippen molar-refractivity contribution in [3.05, 3.63) is 46.9 Å². The summed E-state index contributed by atoms with van der Waals surface area (Å²) in [6.45, 7) is 5.29. The zero-order chi connectivity index (χ0) is 33.4. The topological polar surface area (TPSA) is 114 Å². The Hall–Kier alpha value is -4.26. The van der Waals surface area contributed by atoms with Gasteiger partial charge in [-0.25, -0.2) is 13.6 Å². The van der Waals surface area contributed by atoms with E-state index in [1.165, 1.54) is 13.1 Å². The first kappa shape index (κ1) is 31.0. The van der Waals surface area contributed by atoms with Crippen LogP contribution in [0.15, 0.2) is 24.3 Å². The predicted octanol–water partition coefficient (Wildman–Crippen LogP) is 4.08. The van der Waals surface area contributed by atoms with Gasteiger partial charge in [-0.2, -0.15) is 9.97 Å². The molecule has 8 rings (SSSR count).